The van der Waals surface area contributed by atoms with Gasteiger partial charge in [0.05, 0.1) is 17.1 Å². The third-order valence-corrected chi connectivity index (χ3v) is 2.42. The summed E-state index contributed by atoms with van der Waals surface area (Å²) in [6.07, 6.45) is 2.75. The zero-order valence-electron chi connectivity index (χ0n) is 9.59. The van der Waals surface area contributed by atoms with Crippen LogP contribution in [0, 0.1) is 12.3 Å². The zero-order valence-corrected chi connectivity index (χ0v) is 10.3. The molecule has 0 atom stereocenters. The summed E-state index contributed by atoms with van der Waals surface area (Å²) < 4.78 is 37.8. The highest BCUT2D eigenvalue weighted by atomic mass is 35.5. The molecule has 0 radical (unpaired) electrons. The van der Waals surface area contributed by atoms with Crippen molar-refractivity contribution in [2.75, 3.05) is 6.54 Å². The first-order valence-electron chi connectivity index (χ1n) is 5.10. The Labute approximate surface area is 113 Å². The van der Waals surface area contributed by atoms with Gasteiger partial charge >= 0.3 is 6.18 Å². The first-order chi connectivity index (χ1) is 8.84. The molecule has 0 heterocycles. The van der Waals surface area contributed by atoms with E-state index in [0.29, 0.717) is 0 Å². The minimum atomic E-state index is -4.54. The van der Waals surface area contributed by atoms with Gasteiger partial charge in [-0.3, -0.25) is 4.79 Å². The maximum absolute atomic E-state index is 12.6. The van der Waals surface area contributed by atoms with Gasteiger partial charge in [-0.05, 0) is 23.8 Å². The van der Waals surface area contributed by atoms with Crippen LogP contribution in [0.2, 0.25) is 5.02 Å². The van der Waals surface area contributed by atoms with E-state index in [4.69, 9.17) is 18.0 Å². The number of carbonyl (C=O) groups is 1. The number of carbonyl (C=O) groups excluding carboxylic acids is 1. The van der Waals surface area contributed by atoms with E-state index >= 15 is 0 Å². The van der Waals surface area contributed by atoms with Gasteiger partial charge in [-0.15, -0.1) is 6.42 Å². The Morgan fingerprint density at radius 3 is 2.74 bits per heavy atom. The minimum absolute atomic E-state index is 0.0532. The molecule has 2 nitrogen and oxygen atoms in total. The molecule has 0 aliphatic heterocycles. The number of hydrogen-bond donors (Lipinski definition) is 1. The van der Waals surface area contributed by atoms with Gasteiger partial charge in [-0.2, -0.15) is 13.2 Å². The Kier molecular flexibility index (Phi) is 5.02. The van der Waals surface area contributed by atoms with E-state index in [1.54, 1.807) is 0 Å². The van der Waals surface area contributed by atoms with Crippen molar-refractivity contribution in [3.05, 3.63) is 40.4 Å². The summed E-state index contributed by atoms with van der Waals surface area (Å²) in [6.45, 7) is 0.0532. The van der Waals surface area contributed by atoms with Crippen LogP contribution in [0.25, 0.3) is 6.08 Å². The largest absolute Gasteiger partial charge is 0.417 e. The molecule has 0 saturated heterocycles. The lowest BCUT2D eigenvalue weighted by molar-refractivity contribution is -0.137. The standard InChI is InChI=1S/C13H9ClF3NO/c1-2-7-18-12(19)6-4-9-3-5-11(14)10(8-9)13(15,16)17/h1,3-6,8H,7H2,(H,18,19)/b6-4+. The van der Waals surface area contributed by atoms with Crippen LogP contribution in [-0.2, 0) is 11.0 Å². The first-order valence-corrected chi connectivity index (χ1v) is 5.48. The number of halogens is 4. The van der Waals surface area contributed by atoms with Gasteiger partial charge in [-0.25, -0.2) is 0 Å². The molecule has 100 valence electrons. The summed E-state index contributed by atoms with van der Waals surface area (Å²) in [7, 11) is 0. The molecular formula is C13H9ClF3NO. The Bertz CT molecular complexity index is 544. The van der Waals surface area contributed by atoms with Crippen LogP contribution in [-0.4, -0.2) is 12.5 Å². The number of alkyl halides is 3. The van der Waals surface area contributed by atoms with Crippen molar-refractivity contribution in [2.24, 2.45) is 0 Å². The van der Waals surface area contributed by atoms with Crippen LogP contribution < -0.4 is 5.32 Å². The van der Waals surface area contributed by atoms with Gasteiger partial charge in [0.2, 0.25) is 5.91 Å². The number of amides is 1. The topological polar surface area (TPSA) is 29.1 Å². The lowest BCUT2D eigenvalue weighted by Gasteiger charge is -2.09. The van der Waals surface area contributed by atoms with Crippen molar-refractivity contribution in [1.29, 1.82) is 0 Å². The third-order valence-electron chi connectivity index (χ3n) is 2.09. The smallest absolute Gasteiger partial charge is 0.342 e. The Hall–Kier alpha value is -1.93. The summed E-state index contributed by atoms with van der Waals surface area (Å²) in [5.41, 5.74) is -0.729. The number of benzene rings is 1. The lowest BCUT2D eigenvalue weighted by atomic mass is 10.1. The summed E-state index contributed by atoms with van der Waals surface area (Å²) >= 11 is 5.47. The fourth-order valence-electron chi connectivity index (χ4n) is 1.23. The maximum Gasteiger partial charge on any atom is 0.417 e. The molecule has 0 saturated carbocycles. The first kappa shape index (κ1) is 15.1. The highest BCUT2D eigenvalue weighted by molar-refractivity contribution is 6.31. The Morgan fingerprint density at radius 1 is 1.47 bits per heavy atom. The van der Waals surface area contributed by atoms with Crippen molar-refractivity contribution >= 4 is 23.6 Å². The number of nitrogens with one attached hydrogen (secondary N) is 1. The van der Waals surface area contributed by atoms with Gasteiger partial charge in [-0.1, -0.05) is 23.6 Å². The van der Waals surface area contributed by atoms with Crippen LogP contribution in [0.3, 0.4) is 0 Å². The molecule has 0 unspecified atom stereocenters. The molecule has 1 aromatic rings. The van der Waals surface area contributed by atoms with Crippen molar-refractivity contribution in [3.63, 3.8) is 0 Å². The molecule has 1 aromatic carbocycles. The normalized spacial score (nSPS) is 11.3. The highest BCUT2D eigenvalue weighted by Gasteiger charge is 2.33. The second-order valence-corrected chi connectivity index (χ2v) is 3.90. The van der Waals surface area contributed by atoms with Crippen molar-refractivity contribution < 1.29 is 18.0 Å². The molecule has 6 heteroatoms. The number of rotatable bonds is 3. The predicted octanol–water partition coefficient (Wildman–Crippen LogP) is 3.12. The Morgan fingerprint density at radius 2 is 2.16 bits per heavy atom. The monoisotopic (exact) mass is 287 g/mol. The molecule has 0 aliphatic carbocycles. The number of terminal acetylenes is 1. The molecule has 0 fully saturated rings. The number of hydrogen-bond acceptors (Lipinski definition) is 1. The van der Waals surface area contributed by atoms with Gasteiger partial charge in [0.1, 0.15) is 0 Å². The molecule has 19 heavy (non-hydrogen) atoms. The van der Waals surface area contributed by atoms with Gasteiger partial charge < -0.3 is 5.32 Å². The molecule has 0 bridgehead atoms. The summed E-state index contributed by atoms with van der Waals surface area (Å²) in [6, 6.07) is 3.37. The molecule has 0 aliphatic rings. The summed E-state index contributed by atoms with van der Waals surface area (Å²) in [4.78, 5) is 11.2. The van der Waals surface area contributed by atoms with Crippen molar-refractivity contribution in [1.82, 2.24) is 5.32 Å². The second-order valence-electron chi connectivity index (χ2n) is 3.49. The van der Waals surface area contributed by atoms with E-state index in [2.05, 4.69) is 11.2 Å². The average molecular weight is 288 g/mol. The predicted molar refractivity (Wildman–Crippen MR) is 67.3 cm³/mol. The van der Waals surface area contributed by atoms with Gasteiger partial charge in [0.25, 0.3) is 0 Å². The van der Waals surface area contributed by atoms with E-state index in [1.807, 2.05) is 0 Å². The van der Waals surface area contributed by atoms with E-state index in [-0.39, 0.29) is 17.1 Å². The van der Waals surface area contributed by atoms with Gasteiger partial charge in [0.15, 0.2) is 0 Å². The molecule has 1 N–H and O–H groups in total. The Balaban J connectivity index is 2.89. The zero-order chi connectivity index (χ0) is 14.5. The molecule has 0 spiro atoms. The maximum atomic E-state index is 12.6. The van der Waals surface area contributed by atoms with Crippen LogP contribution in [0.4, 0.5) is 13.2 Å². The molecule has 1 amide bonds. The van der Waals surface area contributed by atoms with E-state index < -0.39 is 17.6 Å². The fourth-order valence-corrected chi connectivity index (χ4v) is 1.46. The summed E-state index contributed by atoms with van der Waals surface area (Å²) in [5.74, 6) is 1.72. The second kappa shape index (κ2) is 6.30. The van der Waals surface area contributed by atoms with Crippen LogP contribution in [0.5, 0.6) is 0 Å². The minimum Gasteiger partial charge on any atom is -0.342 e. The third kappa shape index (κ3) is 4.68. The van der Waals surface area contributed by atoms with E-state index in [0.717, 1.165) is 18.2 Å². The van der Waals surface area contributed by atoms with Crippen molar-refractivity contribution in [2.45, 2.75) is 6.18 Å². The van der Waals surface area contributed by atoms with E-state index in [9.17, 15) is 18.0 Å². The lowest BCUT2D eigenvalue weighted by Crippen LogP contribution is -2.20. The van der Waals surface area contributed by atoms with Crippen molar-refractivity contribution in [3.8, 4) is 12.3 Å². The van der Waals surface area contributed by atoms with Gasteiger partial charge in [0, 0.05) is 6.08 Å². The van der Waals surface area contributed by atoms with E-state index in [1.165, 1.54) is 12.1 Å². The molecule has 0 aromatic heterocycles. The quantitative estimate of drug-likeness (QED) is 0.672. The summed E-state index contributed by atoms with van der Waals surface area (Å²) in [5, 5.41) is 1.96. The van der Waals surface area contributed by atoms with Crippen LogP contribution in [0.1, 0.15) is 11.1 Å². The SMILES string of the molecule is C#CCNC(=O)/C=C/c1ccc(Cl)c(C(F)(F)F)c1. The molecular weight excluding hydrogens is 279 g/mol. The highest BCUT2D eigenvalue weighted by Crippen LogP contribution is 2.35. The molecule has 1 rings (SSSR count). The average Bonchev–Trinajstić information content (AvgIpc) is 2.34. The van der Waals surface area contributed by atoms with Crippen LogP contribution in [0.15, 0.2) is 24.3 Å². The fraction of sp³-hybridized carbons (Fsp3) is 0.154. The van der Waals surface area contributed by atoms with Crippen LogP contribution >= 0.6 is 11.6 Å².